The van der Waals surface area contributed by atoms with E-state index in [9.17, 15) is 9.59 Å². The van der Waals surface area contributed by atoms with Crippen LogP contribution in [-0.4, -0.2) is 42.3 Å². The predicted molar refractivity (Wildman–Crippen MR) is 153 cm³/mol. The maximum absolute atomic E-state index is 13.7. The van der Waals surface area contributed by atoms with Crippen LogP contribution >= 0.6 is 0 Å². The molecule has 2 aromatic heterocycles. The molecule has 10 heteroatoms. The molecule has 0 saturated carbocycles. The van der Waals surface area contributed by atoms with E-state index in [-0.39, 0.29) is 11.6 Å². The summed E-state index contributed by atoms with van der Waals surface area (Å²) < 4.78 is 7.11. The van der Waals surface area contributed by atoms with Gasteiger partial charge in [0, 0.05) is 18.0 Å². The van der Waals surface area contributed by atoms with Crippen molar-refractivity contribution in [1.29, 1.82) is 0 Å². The molecule has 0 spiro atoms. The molecule has 204 valence electrons. The first-order valence-corrected chi connectivity index (χ1v) is 13.4. The Morgan fingerprint density at radius 2 is 1.82 bits per heavy atom. The summed E-state index contributed by atoms with van der Waals surface area (Å²) in [7, 11) is 0. The molecule has 0 fully saturated rings. The van der Waals surface area contributed by atoms with E-state index in [1.165, 1.54) is 0 Å². The quantitative estimate of drug-likeness (QED) is 0.267. The number of tetrazole rings is 1. The number of fused-ring (bicyclic) bond motifs is 1. The number of aromatic nitrogens is 6. The van der Waals surface area contributed by atoms with E-state index in [4.69, 9.17) is 9.72 Å². The Labute approximate surface area is 231 Å². The third-order valence-electron chi connectivity index (χ3n) is 6.49. The molecule has 2 N–H and O–H groups in total. The smallest absolute Gasteiger partial charge is 0.410 e. The van der Waals surface area contributed by atoms with Crippen LogP contribution in [0, 0.1) is 0 Å². The van der Waals surface area contributed by atoms with Gasteiger partial charge in [0.2, 0.25) is 5.82 Å². The zero-order valence-corrected chi connectivity index (χ0v) is 22.7. The highest BCUT2D eigenvalue weighted by atomic mass is 16.6. The Hall–Kier alpha value is -4.86. The SMILES string of the molecule is CCCCc1nc2ccc(OC(=O)NC(C)C)cc2c(=O)n1Cc1ccc(-c2ccccc2-c2nn[nH]n2)cc1. The number of aryl methyl sites for hydroxylation is 1. The van der Waals surface area contributed by atoms with E-state index in [1.807, 2.05) is 62.4 Å². The van der Waals surface area contributed by atoms with Gasteiger partial charge in [0.1, 0.15) is 11.6 Å². The molecule has 0 unspecified atom stereocenters. The van der Waals surface area contributed by atoms with Crippen LogP contribution in [0.15, 0.2) is 71.5 Å². The van der Waals surface area contributed by atoms with E-state index in [0.29, 0.717) is 35.4 Å². The van der Waals surface area contributed by atoms with Crippen LogP contribution in [0.5, 0.6) is 5.75 Å². The summed E-state index contributed by atoms with van der Waals surface area (Å²) in [5.74, 6) is 1.55. The van der Waals surface area contributed by atoms with Crippen molar-refractivity contribution in [1.82, 2.24) is 35.5 Å². The number of ether oxygens (including phenoxy) is 1. The zero-order valence-electron chi connectivity index (χ0n) is 22.7. The van der Waals surface area contributed by atoms with Gasteiger partial charge in [-0.1, -0.05) is 61.9 Å². The Balaban J connectivity index is 1.47. The fourth-order valence-electron chi connectivity index (χ4n) is 4.55. The van der Waals surface area contributed by atoms with Gasteiger partial charge in [-0.2, -0.15) is 5.21 Å². The number of rotatable bonds is 9. The largest absolute Gasteiger partial charge is 0.412 e. The van der Waals surface area contributed by atoms with Gasteiger partial charge in [0.05, 0.1) is 17.4 Å². The summed E-state index contributed by atoms with van der Waals surface area (Å²) in [4.78, 5) is 30.7. The van der Waals surface area contributed by atoms with E-state index in [0.717, 1.165) is 40.9 Å². The normalized spacial score (nSPS) is 11.2. The number of amides is 1. The van der Waals surface area contributed by atoms with Crippen molar-refractivity contribution < 1.29 is 9.53 Å². The summed E-state index contributed by atoms with van der Waals surface area (Å²) in [6.45, 7) is 6.18. The van der Waals surface area contributed by atoms with Gasteiger partial charge < -0.3 is 10.1 Å². The van der Waals surface area contributed by atoms with Crippen LogP contribution in [0.25, 0.3) is 33.4 Å². The van der Waals surface area contributed by atoms with Gasteiger partial charge in [-0.15, -0.1) is 10.2 Å². The Morgan fingerprint density at radius 1 is 1.05 bits per heavy atom. The van der Waals surface area contributed by atoms with Gasteiger partial charge in [-0.05, 0) is 60.4 Å². The monoisotopic (exact) mass is 537 g/mol. The zero-order chi connectivity index (χ0) is 28.1. The van der Waals surface area contributed by atoms with Gasteiger partial charge >= 0.3 is 6.09 Å². The molecule has 1 amide bonds. The predicted octanol–water partition coefficient (Wildman–Crippen LogP) is 5.13. The number of H-pyrrole nitrogens is 1. The molecular weight excluding hydrogens is 506 g/mol. The van der Waals surface area contributed by atoms with Crippen molar-refractivity contribution in [3.05, 3.63) is 88.5 Å². The number of aromatic amines is 1. The molecule has 0 aliphatic rings. The third kappa shape index (κ3) is 5.90. The first-order valence-electron chi connectivity index (χ1n) is 13.4. The minimum atomic E-state index is -0.566. The van der Waals surface area contributed by atoms with Crippen LogP contribution in [0.2, 0.25) is 0 Å². The first kappa shape index (κ1) is 26.7. The Bertz CT molecular complexity index is 1680. The molecule has 0 bridgehead atoms. The van der Waals surface area contributed by atoms with E-state index < -0.39 is 6.09 Å². The van der Waals surface area contributed by atoms with E-state index >= 15 is 0 Å². The van der Waals surface area contributed by atoms with Crippen molar-refractivity contribution in [2.24, 2.45) is 0 Å². The lowest BCUT2D eigenvalue weighted by atomic mass is 9.98. The number of benzene rings is 3. The standard InChI is InChI=1S/C30H31N7O3/c1-4-5-10-27-32-26-16-15-22(40-30(39)31-19(2)3)17-25(26)29(38)37(27)18-20-11-13-21(14-12-20)23-8-6-7-9-24(23)28-33-35-36-34-28/h6-9,11-17,19H,4-5,10,18H2,1-3H3,(H,31,39)(H,33,34,35,36). The van der Waals surface area contributed by atoms with Gasteiger partial charge in [0.25, 0.3) is 5.56 Å². The second-order valence-electron chi connectivity index (χ2n) is 9.87. The molecule has 0 atom stereocenters. The minimum absolute atomic E-state index is 0.0631. The average molecular weight is 538 g/mol. The fourth-order valence-corrected chi connectivity index (χ4v) is 4.55. The highest BCUT2D eigenvalue weighted by molar-refractivity contribution is 5.81. The number of carbonyl (C=O) groups excluding carboxylic acids is 1. The molecule has 5 aromatic rings. The first-order chi connectivity index (χ1) is 19.4. The van der Waals surface area contributed by atoms with Gasteiger partial charge in [0.15, 0.2) is 0 Å². The van der Waals surface area contributed by atoms with E-state index in [1.54, 1.807) is 22.8 Å². The Kier molecular flexibility index (Phi) is 7.95. The van der Waals surface area contributed by atoms with Crippen molar-refractivity contribution in [3.8, 4) is 28.3 Å². The molecule has 40 heavy (non-hydrogen) atoms. The summed E-state index contributed by atoms with van der Waals surface area (Å²) in [5.41, 5.74) is 4.24. The fraction of sp³-hybridized carbons (Fsp3) is 0.267. The van der Waals surface area contributed by atoms with Crippen LogP contribution in [0.3, 0.4) is 0 Å². The van der Waals surface area contributed by atoms with E-state index in [2.05, 4.69) is 32.9 Å². The highest BCUT2D eigenvalue weighted by Gasteiger charge is 2.15. The maximum atomic E-state index is 13.7. The van der Waals surface area contributed by atoms with Crippen LogP contribution < -0.4 is 15.6 Å². The van der Waals surface area contributed by atoms with Crippen LogP contribution in [0.1, 0.15) is 45.0 Å². The lowest BCUT2D eigenvalue weighted by Gasteiger charge is -2.15. The maximum Gasteiger partial charge on any atom is 0.412 e. The number of hydrogen-bond acceptors (Lipinski definition) is 7. The van der Waals surface area contributed by atoms with Gasteiger partial charge in [-0.3, -0.25) is 9.36 Å². The van der Waals surface area contributed by atoms with Crippen molar-refractivity contribution >= 4 is 17.0 Å². The third-order valence-corrected chi connectivity index (χ3v) is 6.49. The number of hydrogen-bond donors (Lipinski definition) is 2. The number of carbonyl (C=O) groups is 1. The number of unbranched alkanes of at least 4 members (excludes halogenated alkanes) is 1. The molecule has 5 rings (SSSR count). The molecular formula is C30H31N7O3. The Morgan fingerprint density at radius 3 is 2.52 bits per heavy atom. The summed E-state index contributed by atoms with van der Waals surface area (Å²) in [6, 6.07) is 20.9. The second-order valence-corrected chi connectivity index (χ2v) is 9.87. The van der Waals surface area contributed by atoms with Crippen LogP contribution in [-0.2, 0) is 13.0 Å². The second kappa shape index (κ2) is 11.9. The number of nitrogens with zero attached hydrogens (tertiary/aromatic N) is 5. The lowest BCUT2D eigenvalue weighted by Crippen LogP contribution is -2.32. The summed E-state index contributed by atoms with van der Waals surface area (Å²) in [5, 5.41) is 17.5. The minimum Gasteiger partial charge on any atom is -0.410 e. The van der Waals surface area contributed by atoms with Crippen LogP contribution in [0.4, 0.5) is 4.79 Å². The summed E-state index contributed by atoms with van der Waals surface area (Å²) >= 11 is 0. The van der Waals surface area contributed by atoms with Crippen molar-refractivity contribution in [3.63, 3.8) is 0 Å². The molecule has 0 radical (unpaired) electrons. The summed E-state index contributed by atoms with van der Waals surface area (Å²) in [6.07, 6.45) is 2.02. The van der Waals surface area contributed by atoms with Crippen molar-refractivity contribution in [2.75, 3.05) is 0 Å². The molecule has 10 nitrogen and oxygen atoms in total. The molecule has 0 saturated heterocycles. The highest BCUT2D eigenvalue weighted by Crippen LogP contribution is 2.30. The molecule has 0 aliphatic heterocycles. The van der Waals surface area contributed by atoms with Gasteiger partial charge in [-0.25, -0.2) is 9.78 Å². The topological polar surface area (TPSA) is 128 Å². The molecule has 3 aromatic carbocycles. The number of nitrogens with one attached hydrogen (secondary N) is 2. The molecule has 2 heterocycles. The average Bonchev–Trinajstić information content (AvgIpc) is 3.49. The molecule has 0 aliphatic carbocycles. The lowest BCUT2D eigenvalue weighted by molar-refractivity contribution is 0.198. The van der Waals surface area contributed by atoms with Crippen molar-refractivity contribution in [2.45, 2.75) is 52.6 Å².